The Kier molecular flexibility index (Phi) is 2.07. The third kappa shape index (κ3) is 1.74. The molecule has 78 valence electrons. The van der Waals surface area contributed by atoms with Gasteiger partial charge in [-0.2, -0.15) is 0 Å². The van der Waals surface area contributed by atoms with Crippen molar-refractivity contribution < 1.29 is 10.0 Å². The van der Waals surface area contributed by atoms with Gasteiger partial charge >= 0.3 is 5.95 Å². The molecule has 15 heavy (non-hydrogen) atoms. The van der Waals surface area contributed by atoms with Crippen LogP contribution in [0.5, 0.6) is 0 Å². The molecule has 1 saturated carbocycles. The molecule has 1 unspecified atom stereocenters. The molecule has 0 aliphatic heterocycles. The predicted octanol–water partition coefficient (Wildman–Crippen LogP) is 0.460. The lowest BCUT2D eigenvalue weighted by atomic mass is 9.81. The van der Waals surface area contributed by atoms with Crippen LogP contribution in [0.4, 0.5) is 5.95 Å². The van der Waals surface area contributed by atoms with Crippen LogP contribution >= 0.6 is 0 Å². The Morgan fingerprint density at radius 2 is 2.40 bits per heavy atom. The summed E-state index contributed by atoms with van der Waals surface area (Å²) in [6.45, 7) is 1.38. The largest absolute Gasteiger partial charge is 0.435 e. The zero-order valence-corrected chi connectivity index (χ0v) is 8.25. The molecule has 1 atom stereocenters. The highest BCUT2D eigenvalue weighted by Gasteiger charge is 2.39. The van der Waals surface area contributed by atoms with Crippen LogP contribution in [-0.4, -0.2) is 27.4 Å². The molecule has 0 saturated heterocycles. The maximum Gasteiger partial charge on any atom is 0.435 e. The van der Waals surface area contributed by atoms with Crippen molar-refractivity contribution in [2.24, 2.45) is 0 Å². The van der Waals surface area contributed by atoms with Crippen molar-refractivity contribution in [3.63, 3.8) is 0 Å². The van der Waals surface area contributed by atoms with Crippen LogP contribution in [0.1, 0.15) is 31.5 Å². The number of hydrogen-bond acceptors (Lipinski definition) is 4. The molecule has 1 N–H and O–H groups in total. The standard InChI is InChI=1S/C8H10BN3O3/c1-8(9,13)6-4-10-7(12(14)15)11(6)5-2-3-5/h4-5,13H,2-3H2,1H3. The topological polar surface area (TPSA) is 81.2 Å². The second kappa shape index (κ2) is 3.06. The summed E-state index contributed by atoms with van der Waals surface area (Å²) < 4.78 is 1.42. The molecule has 0 amide bonds. The summed E-state index contributed by atoms with van der Waals surface area (Å²) in [6, 6.07) is 0.0536. The van der Waals surface area contributed by atoms with Crippen LogP contribution in [0.25, 0.3) is 0 Å². The molecule has 1 aliphatic carbocycles. The summed E-state index contributed by atoms with van der Waals surface area (Å²) in [5, 5.41) is 20.3. The minimum absolute atomic E-state index is 0.0536. The van der Waals surface area contributed by atoms with Crippen LogP contribution in [0.15, 0.2) is 6.20 Å². The molecule has 0 aromatic carbocycles. The van der Waals surface area contributed by atoms with Crippen LogP contribution in [0.2, 0.25) is 0 Å². The zero-order valence-electron chi connectivity index (χ0n) is 8.25. The monoisotopic (exact) mass is 207 g/mol. The van der Waals surface area contributed by atoms with E-state index in [4.69, 9.17) is 7.85 Å². The van der Waals surface area contributed by atoms with E-state index < -0.39 is 10.4 Å². The van der Waals surface area contributed by atoms with E-state index >= 15 is 0 Å². The lowest BCUT2D eigenvalue weighted by molar-refractivity contribution is -0.397. The fourth-order valence-corrected chi connectivity index (χ4v) is 1.55. The molecule has 2 rings (SSSR count). The minimum atomic E-state index is -1.59. The van der Waals surface area contributed by atoms with E-state index in [0.717, 1.165) is 12.8 Å². The average molecular weight is 207 g/mol. The highest BCUT2D eigenvalue weighted by Crippen LogP contribution is 2.40. The van der Waals surface area contributed by atoms with Gasteiger partial charge in [0.15, 0.2) is 0 Å². The van der Waals surface area contributed by atoms with Gasteiger partial charge in [-0.25, -0.2) is 4.57 Å². The Morgan fingerprint density at radius 1 is 1.80 bits per heavy atom. The van der Waals surface area contributed by atoms with Crippen LogP contribution in [-0.2, 0) is 5.50 Å². The second-order valence-electron chi connectivity index (χ2n) is 3.95. The first kappa shape index (κ1) is 10.2. The number of imidazole rings is 1. The first-order valence-electron chi connectivity index (χ1n) is 4.64. The highest BCUT2D eigenvalue weighted by molar-refractivity contribution is 6.14. The number of aliphatic hydroxyl groups is 1. The Morgan fingerprint density at radius 3 is 2.80 bits per heavy atom. The van der Waals surface area contributed by atoms with Gasteiger partial charge in [-0.3, -0.25) is 0 Å². The van der Waals surface area contributed by atoms with Gasteiger partial charge in [0, 0.05) is 0 Å². The van der Waals surface area contributed by atoms with E-state index in [0.29, 0.717) is 0 Å². The molecular formula is C8H10BN3O3. The van der Waals surface area contributed by atoms with E-state index in [1.54, 1.807) is 0 Å². The van der Waals surface area contributed by atoms with Gasteiger partial charge in [0.05, 0.1) is 11.5 Å². The molecule has 2 radical (unpaired) electrons. The van der Waals surface area contributed by atoms with Gasteiger partial charge in [0.2, 0.25) is 0 Å². The quantitative estimate of drug-likeness (QED) is 0.443. The van der Waals surface area contributed by atoms with Gasteiger partial charge in [0.25, 0.3) is 0 Å². The first-order chi connectivity index (χ1) is 6.91. The molecule has 1 aliphatic rings. The molecule has 1 aromatic rings. The van der Waals surface area contributed by atoms with Crippen molar-refractivity contribution in [3.8, 4) is 0 Å². The lowest BCUT2D eigenvalue weighted by Gasteiger charge is -2.16. The first-order valence-corrected chi connectivity index (χ1v) is 4.64. The maximum absolute atomic E-state index is 10.7. The van der Waals surface area contributed by atoms with Gasteiger partial charge in [0.1, 0.15) is 19.7 Å². The SMILES string of the molecule is [B]C(C)(O)c1cnc([N+](=O)[O-])n1C1CC1. The van der Waals surface area contributed by atoms with E-state index in [1.807, 2.05) is 0 Å². The average Bonchev–Trinajstić information content (AvgIpc) is 2.81. The molecule has 1 aromatic heterocycles. The van der Waals surface area contributed by atoms with Crippen molar-refractivity contribution in [1.29, 1.82) is 0 Å². The Bertz CT molecular complexity index is 406. The Hall–Kier alpha value is -1.37. The minimum Gasteiger partial charge on any atom is -0.392 e. The molecule has 6 nitrogen and oxygen atoms in total. The summed E-state index contributed by atoms with van der Waals surface area (Å²) in [6.07, 6.45) is 2.98. The summed E-state index contributed by atoms with van der Waals surface area (Å²) in [7, 11) is 5.51. The van der Waals surface area contributed by atoms with Crippen molar-refractivity contribution in [2.45, 2.75) is 31.3 Å². The van der Waals surface area contributed by atoms with Crippen molar-refractivity contribution in [1.82, 2.24) is 9.55 Å². The third-order valence-corrected chi connectivity index (χ3v) is 2.37. The Balaban J connectivity index is 2.52. The molecular weight excluding hydrogens is 197 g/mol. The second-order valence-corrected chi connectivity index (χ2v) is 3.95. The van der Waals surface area contributed by atoms with Gasteiger partial charge in [-0.1, -0.05) is 4.98 Å². The summed E-state index contributed by atoms with van der Waals surface area (Å²) in [5.41, 5.74) is -1.30. The van der Waals surface area contributed by atoms with Crippen LogP contribution in [0.3, 0.4) is 0 Å². The maximum atomic E-state index is 10.7. The normalized spacial score (nSPS) is 19.9. The molecule has 0 spiro atoms. The number of aromatic nitrogens is 2. The lowest BCUT2D eigenvalue weighted by Crippen LogP contribution is -2.25. The predicted molar refractivity (Wildman–Crippen MR) is 52.5 cm³/mol. The molecule has 0 bridgehead atoms. The number of rotatable bonds is 3. The van der Waals surface area contributed by atoms with Crippen molar-refractivity contribution >= 4 is 13.8 Å². The van der Waals surface area contributed by atoms with Gasteiger partial charge < -0.3 is 15.2 Å². The number of hydrogen-bond donors (Lipinski definition) is 1. The number of nitro groups is 1. The zero-order chi connectivity index (χ0) is 11.2. The van der Waals surface area contributed by atoms with Gasteiger partial charge in [-0.05, 0) is 24.7 Å². The van der Waals surface area contributed by atoms with Crippen LogP contribution < -0.4 is 0 Å². The van der Waals surface area contributed by atoms with E-state index in [1.165, 1.54) is 17.7 Å². The summed E-state index contributed by atoms with van der Waals surface area (Å²) >= 11 is 0. The van der Waals surface area contributed by atoms with E-state index in [9.17, 15) is 15.2 Å². The summed E-state index contributed by atoms with van der Waals surface area (Å²) in [5.74, 6) is -0.252. The number of nitrogens with zero attached hydrogens (tertiary/aromatic N) is 3. The fourth-order valence-electron chi connectivity index (χ4n) is 1.55. The van der Waals surface area contributed by atoms with Crippen molar-refractivity contribution in [2.75, 3.05) is 0 Å². The van der Waals surface area contributed by atoms with Gasteiger partial charge in [-0.15, -0.1) is 0 Å². The van der Waals surface area contributed by atoms with E-state index in [2.05, 4.69) is 4.98 Å². The van der Waals surface area contributed by atoms with Crippen LogP contribution in [0, 0.1) is 10.1 Å². The molecule has 1 heterocycles. The fraction of sp³-hybridized carbons (Fsp3) is 0.625. The highest BCUT2D eigenvalue weighted by atomic mass is 16.6. The molecule has 1 fully saturated rings. The Labute approximate surface area is 87.5 Å². The molecule has 7 heteroatoms. The third-order valence-electron chi connectivity index (χ3n) is 2.37. The van der Waals surface area contributed by atoms with Crippen molar-refractivity contribution in [3.05, 3.63) is 22.0 Å². The van der Waals surface area contributed by atoms with E-state index in [-0.39, 0.29) is 17.7 Å². The smallest absolute Gasteiger partial charge is 0.392 e. The summed E-state index contributed by atoms with van der Waals surface area (Å²) in [4.78, 5) is 13.8.